The molecule has 0 spiro atoms. The highest BCUT2D eigenvalue weighted by atomic mass is 31.2. The molecule has 0 aromatic rings. The molecule has 0 aliphatic heterocycles. The number of unbranched alkanes of at least 4 members (excludes halogenated alkanes) is 25. The summed E-state index contributed by atoms with van der Waals surface area (Å²) in [6, 6.07) is 0. The lowest BCUT2D eigenvalue weighted by atomic mass is 10.0. The Labute approximate surface area is 295 Å². The minimum atomic E-state index is -4.74. The Morgan fingerprint density at radius 3 is 1.25 bits per heavy atom. The van der Waals surface area contributed by atoms with Gasteiger partial charge in [0.15, 0.2) is 6.10 Å². The maximum Gasteiger partial charge on any atom is 0.469 e. The maximum atomic E-state index is 12.3. The van der Waals surface area contributed by atoms with Crippen LogP contribution in [0.15, 0.2) is 0 Å². The van der Waals surface area contributed by atoms with E-state index in [1.165, 1.54) is 135 Å². The largest absolute Gasteiger partial charge is 0.469 e. The zero-order chi connectivity index (χ0) is 35.6. The lowest BCUT2D eigenvalue weighted by Crippen LogP contribution is -2.29. The normalized spacial score (nSPS) is 12.5. The van der Waals surface area contributed by atoms with Crippen molar-refractivity contribution in [1.29, 1.82) is 0 Å². The Balaban J connectivity index is 3.86. The lowest BCUT2D eigenvalue weighted by Gasteiger charge is -2.18. The Morgan fingerprint density at radius 2 is 0.875 bits per heavy atom. The van der Waals surface area contributed by atoms with Gasteiger partial charge in [-0.2, -0.15) is 0 Å². The highest BCUT2D eigenvalue weighted by molar-refractivity contribution is 7.46. The summed E-state index contributed by atoms with van der Waals surface area (Å²) in [5.41, 5.74) is 0. The molecule has 1 atom stereocenters. The molecule has 0 radical (unpaired) electrons. The number of carbonyl (C=O) groups excluding carboxylic acids is 2. The average molecular weight is 705 g/mol. The zero-order valence-electron chi connectivity index (χ0n) is 31.6. The van der Waals surface area contributed by atoms with Gasteiger partial charge in [0.1, 0.15) is 6.61 Å². The number of carbonyl (C=O) groups is 2. The number of phosphoric ester groups is 1. The van der Waals surface area contributed by atoms with E-state index in [1.807, 2.05) is 0 Å². The highest BCUT2D eigenvalue weighted by Gasteiger charge is 2.22. The van der Waals surface area contributed by atoms with Crippen LogP contribution in [0.25, 0.3) is 0 Å². The van der Waals surface area contributed by atoms with Crippen molar-refractivity contribution >= 4 is 19.8 Å². The Kier molecular flexibility index (Phi) is 33.8. The van der Waals surface area contributed by atoms with E-state index in [1.54, 1.807) is 0 Å². The first kappa shape index (κ1) is 47.0. The van der Waals surface area contributed by atoms with Gasteiger partial charge >= 0.3 is 19.8 Å². The summed E-state index contributed by atoms with van der Waals surface area (Å²) in [6.45, 7) is 6.04. The van der Waals surface area contributed by atoms with E-state index in [0.29, 0.717) is 6.42 Å². The van der Waals surface area contributed by atoms with Gasteiger partial charge in [-0.25, -0.2) is 4.57 Å². The van der Waals surface area contributed by atoms with Crippen LogP contribution in [-0.2, 0) is 28.2 Å². The second-order valence-electron chi connectivity index (χ2n) is 14.5. The Bertz CT molecular complexity index is 769. The van der Waals surface area contributed by atoms with Gasteiger partial charge in [0.25, 0.3) is 0 Å². The van der Waals surface area contributed by atoms with Gasteiger partial charge in [-0.15, -0.1) is 0 Å². The molecule has 0 aliphatic carbocycles. The van der Waals surface area contributed by atoms with Gasteiger partial charge in [0.2, 0.25) is 0 Å². The molecule has 0 bridgehead atoms. The number of phosphoric acid groups is 1. The van der Waals surface area contributed by atoms with Gasteiger partial charge in [0.05, 0.1) is 6.61 Å². The van der Waals surface area contributed by atoms with Crippen molar-refractivity contribution in [2.45, 2.75) is 219 Å². The third kappa shape index (κ3) is 37.9. The third-order valence-corrected chi connectivity index (χ3v) is 9.54. The first-order chi connectivity index (χ1) is 23.1. The smallest absolute Gasteiger partial charge is 0.462 e. The first-order valence-electron chi connectivity index (χ1n) is 20.2. The summed E-state index contributed by atoms with van der Waals surface area (Å²) in [5.74, 6) is -0.0326. The summed E-state index contributed by atoms with van der Waals surface area (Å²) in [5, 5.41) is 0. The molecule has 0 aromatic heterocycles. The van der Waals surface area contributed by atoms with Crippen LogP contribution in [0, 0.1) is 5.92 Å². The van der Waals surface area contributed by atoms with Crippen LogP contribution in [0.1, 0.15) is 213 Å². The van der Waals surface area contributed by atoms with Gasteiger partial charge in [-0.3, -0.25) is 14.1 Å². The quantitative estimate of drug-likeness (QED) is 0.0372. The topological polar surface area (TPSA) is 119 Å². The summed E-state index contributed by atoms with van der Waals surface area (Å²) in [6.07, 6.45) is 34.0. The molecule has 0 rings (SSSR count). The van der Waals surface area contributed by atoms with Crippen LogP contribution in [0.3, 0.4) is 0 Å². The van der Waals surface area contributed by atoms with Gasteiger partial charge < -0.3 is 19.3 Å². The summed E-state index contributed by atoms with van der Waals surface area (Å²) >= 11 is 0. The Hall–Kier alpha value is -0.950. The molecule has 0 heterocycles. The number of ether oxygens (including phenoxy) is 2. The van der Waals surface area contributed by atoms with Crippen LogP contribution < -0.4 is 0 Å². The van der Waals surface area contributed by atoms with E-state index in [0.717, 1.165) is 44.4 Å². The average Bonchev–Trinajstić information content (AvgIpc) is 3.03. The SMILES string of the molecule is CCCCCCCCCCCCCCC(=O)O[C@H](COC(=O)CCCCCCCCCCCCCCCCCC(C)C)COP(=O)(O)O. The predicted molar refractivity (Wildman–Crippen MR) is 198 cm³/mol. The van der Waals surface area contributed by atoms with E-state index >= 15 is 0 Å². The number of hydrogen-bond acceptors (Lipinski definition) is 6. The second-order valence-corrected chi connectivity index (χ2v) is 15.7. The molecule has 0 fully saturated rings. The van der Waals surface area contributed by atoms with E-state index in [-0.39, 0.29) is 19.4 Å². The summed E-state index contributed by atoms with van der Waals surface area (Å²) in [4.78, 5) is 42.7. The zero-order valence-corrected chi connectivity index (χ0v) is 32.5. The molecule has 0 saturated carbocycles. The molecule has 286 valence electrons. The number of hydrogen-bond donors (Lipinski definition) is 2. The van der Waals surface area contributed by atoms with Crippen molar-refractivity contribution in [3.63, 3.8) is 0 Å². The van der Waals surface area contributed by atoms with Crippen molar-refractivity contribution in [3.05, 3.63) is 0 Å². The first-order valence-corrected chi connectivity index (χ1v) is 21.7. The van der Waals surface area contributed by atoms with Crippen LogP contribution in [-0.4, -0.2) is 41.0 Å². The van der Waals surface area contributed by atoms with Crippen LogP contribution >= 0.6 is 7.82 Å². The fourth-order valence-corrected chi connectivity index (χ4v) is 6.39. The van der Waals surface area contributed by atoms with Crippen LogP contribution in [0.4, 0.5) is 0 Å². The van der Waals surface area contributed by atoms with Gasteiger partial charge in [-0.05, 0) is 18.8 Å². The molecule has 48 heavy (non-hydrogen) atoms. The lowest BCUT2D eigenvalue weighted by molar-refractivity contribution is -0.161. The van der Waals surface area contributed by atoms with Gasteiger partial charge in [-0.1, -0.05) is 188 Å². The van der Waals surface area contributed by atoms with E-state index in [4.69, 9.17) is 19.3 Å². The van der Waals surface area contributed by atoms with Crippen molar-refractivity contribution in [2.75, 3.05) is 13.2 Å². The molecule has 0 unspecified atom stereocenters. The Morgan fingerprint density at radius 1 is 0.521 bits per heavy atom. The van der Waals surface area contributed by atoms with Crippen LogP contribution in [0.5, 0.6) is 0 Å². The van der Waals surface area contributed by atoms with Crippen molar-refractivity contribution < 1.29 is 37.9 Å². The van der Waals surface area contributed by atoms with Gasteiger partial charge in [0, 0.05) is 12.8 Å². The minimum Gasteiger partial charge on any atom is -0.462 e. The van der Waals surface area contributed by atoms with E-state index < -0.39 is 32.5 Å². The number of rotatable bonds is 37. The molecule has 0 amide bonds. The predicted octanol–water partition coefficient (Wildman–Crippen LogP) is 11.9. The molecular weight excluding hydrogens is 627 g/mol. The standard InChI is InChI=1S/C39H77O8P/c1-4-5-6-7-8-9-10-17-21-24-27-30-33-39(41)47-37(35-46-48(42,43)44)34-45-38(40)32-29-26-23-20-18-15-13-11-12-14-16-19-22-25-28-31-36(2)3/h36-37H,4-35H2,1-3H3,(H2,42,43,44)/t37-/m1/s1. The monoisotopic (exact) mass is 705 g/mol. The fraction of sp³-hybridized carbons (Fsp3) is 0.949. The van der Waals surface area contributed by atoms with Crippen LogP contribution in [0.2, 0.25) is 0 Å². The molecule has 0 aliphatic rings. The number of esters is 2. The second kappa shape index (κ2) is 34.5. The fourth-order valence-electron chi connectivity index (χ4n) is 6.03. The van der Waals surface area contributed by atoms with E-state index in [9.17, 15) is 14.2 Å². The van der Waals surface area contributed by atoms with Crippen molar-refractivity contribution in [2.24, 2.45) is 5.92 Å². The molecule has 0 saturated heterocycles. The molecule has 9 heteroatoms. The summed E-state index contributed by atoms with van der Waals surface area (Å²) in [7, 11) is -4.74. The highest BCUT2D eigenvalue weighted by Crippen LogP contribution is 2.36. The maximum absolute atomic E-state index is 12.3. The third-order valence-electron chi connectivity index (χ3n) is 9.05. The van der Waals surface area contributed by atoms with E-state index in [2.05, 4.69) is 25.3 Å². The molecule has 2 N–H and O–H groups in total. The van der Waals surface area contributed by atoms with Crippen molar-refractivity contribution in [3.8, 4) is 0 Å². The molecule has 0 aromatic carbocycles. The summed E-state index contributed by atoms with van der Waals surface area (Å²) < 4.78 is 26.3. The van der Waals surface area contributed by atoms with Crippen molar-refractivity contribution in [1.82, 2.24) is 0 Å². The molecule has 8 nitrogen and oxygen atoms in total. The molecular formula is C39H77O8P. The minimum absolute atomic E-state index is 0.219.